The van der Waals surface area contributed by atoms with Crippen molar-refractivity contribution >= 4 is 44.0 Å². The first-order valence-corrected chi connectivity index (χ1v) is 12.0. The summed E-state index contributed by atoms with van der Waals surface area (Å²) >= 11 is 0. The van der Waals surface area contributed by atoms with Crippen LogP contribution in [-0.2, 0) is 14.8 Å². The van der Waals surface area contributed by atoms with E-state index in [0.29, 0.717) is 5.69 Å². The molecule has 4 aromatic rings. The predicted molar refractivity (Wildman–Crippen MR) is 133 cm³/mol. The Hall–Kier alpha value is -4.17. The molecule has 0 heterocycles. The van der Waals surface area contributed by atoms with Gasteiger partial charge in [-0.3, -0.25) is 14.3 Å². The lowest BCUT2D eigenvalue weighted by molar-refractivity contribution is -0.116. The zero-order chi connectivity index (χ0) is 24.1. The summed E-state index contributed by atoms with van der Waals surface area (Å²) in [5.41, 5.74) is 1.18. The molecule has 7 nitrogen and oxygen atoms in total. The fourth-order valence-electron chi connectivity index (χ4n) is 3.56. The first kappa shape index (κ1) is 23.0. The molecular weight excluding hydrogens is 450 g/mol. The van der Waals surface area contributed by atoms with E-state index in [0.717, 1.165) is 10.8 Å². The molecule has 2 N–H and O–H groups in total. The topological polar surface area (TPSA) is 95.6 Å². The lowest BCUT2D eigenvalue weighted by Crippen LogP contribution is -2.35. The van der Waals surface area contributed by atoms with Crippen LogP contribution in [0, 0.1) is 0 Å². The Balaban J connectivity index is 1.44. The van der Waals surface area contributed by atoms with E-state index in [1.807, 2.05) is 42.5 Å². The molecule has 172 valence electrons. The molecule has 8 heteroatoms. The van der Waals surface area contributed by atoms with Gasteiger partial charge in [-0.1, -0.05) is 60.7 Å². The van der Waals surface area contributed by atoms with Crippen molar-refractivity contribution in [2.24, 2.45) is 0 Å². The second kappa shape index (κ2) is 9.76. The Kier molecular flexibility index (Phi) is 6.60. The van der Waals surface area contributed by atoms with E-state index in [9.17, 15) is 18.0 Å². The molecule has 4 aromatic carbocycles. The summed E-state index contributed by atoms with van der Waals surface area (Å²) in [6.45, 7) is -0.165. The number of fused-ring (bicyclic) bond motifs is 1. The molecule has 0 aliphatic heterocycles. The van der Waals surface area contributed by atoms with E-state index < -0.39 is 15.9 Å². The SMILES string of the molecule is CN(CC(=O)Nc1cccc2ccccc12)C(=O)c1cccc(NS(=O)(=O)c2ccccc2)c1. The lowest BCUT2D eigenvalue weighted by Gasteiger charge is -2.18. The molecular formula is C26H23N3O4S. The van der Waals surface area contributed by atoms with E-state index in [4.69, 9.17) is 0 Å². The number of carbonyl (C=O) groups is 2. The summed E-state index contributed by atoms with van der Waals surface area (Å²) in [5.74, 6) is -0.748. The molecule has 0 unspecified atom stereocenters. The largest absolute Gasteiger partial charge is 0.332 e. The number of benzene rings is 4. The van der Waals surface area contributed by atoms with E-state index in [2.05, 4.69) is 10.0 Å². The molecule has 34 heavy (non-hydrogen) atoms. The number of likely N-dealkylation sites (N-methyl/N-ethyl adjacent to an activating group) is 1. The molecule has 2 amide bonds. The van der Waals surface area contributed by atoms with Crippen molar-refractivity contribution in [2.45, 2.75) is 4.90 Å². The Morgan fingerprint density at radius 3 is 2.29 bits per heavy atom. The highest BCUT2D eigenvalue weighted by Crippen LogP contribution is 2.23. The normalized spacial score (nSPS) is 11.1. The van der Waals surface area contributed by atoms with Gasteiger partial charge in [0.15, 0.2) is 0 Å². The minimum Gasteiger partial charge on any atom is -0.332 e. The molecule has 0 spiro atoms. The van der Waals surface area contributed by atoms with Gasteiger partial charge >= 0.3 is 0 Å². The average molecular weight is 474 g/mol. The highest BCUT2D eigenvalue weighted by Gasteiger charge is 2.18. The van der Waals surface area contributed by atoms with Crippen molar-refractivity contribution in [3.05, 3.63) is 103 Å². The Bertz CT molecular complexity index is 1450. The number of rotatable bonds is 7. The summed E-state index contributed by atoms with van der Waals surface area (Å²) < 4.78 is 27.6. The molecule has 0 atom stereocenters. The van der Waals surface area contributed by atoms with Crippen LogP contribution in [-0.4, -0.2) is 38.7 Å². The van der Waals surface area contributed by atoms with Crippen LogP contribution in [0.2, 0.25) is 0 Å². The molecule has 4 rings (SSSR count). The third-order valence-corrected chi connectivity index (χ3v) is 6.60. The number of amides is 2. The van der Waals surface area contributed by atoms with Gasteiger partial charge in [-0.05, 0) is 41.8 Å². The van der Waals surface area contributed by atoms with Crippen LogP contribution >= 0.6 is 0 Å². The number of hydrogen-bond acceptors (Lipinski definition) is 4. The summed E-state index contributed by atoms with van der Waals surface area (Å²) in [4.78, 5) is 26.9. The third kappa shape index (κ3) is 5.24. The van der Waals surface area contributed by atoms with Gasteiger partial charge in [-0.25, -0.2) is 8.42 Å². The third-order valence-electron chi connectivity index (χ3n) is 5.21. The van der Waals surface area contributed by atoms with Crippen molar-refractivity contribution in [1.82, 2.24) is 4.90 Å². The van der Waals surface area contributed by atoms with Crippen LogP contribution in [0.1, 0.15) is 10.4 Å². The Morgan fingerprint density at radius 1 is 0.824 bits per heavy atom. The monoisotopic (exact) mass is 473 g/mol. The Morgan fingerprint density at radius 2 is 1.50 bits per heavy atom. The van der Waals surface area contributed by atoms with E-state index in [-0.39, 0.29) is 28.6 Å². The summed E-state index contributed by atoms with van der Waals surface area (Å²) in [6.07, 6.45) is 0. The van der Waals surface area contributed by atoms with Gasteiger partial charge in [0.05, 0.1) is 11.4 Å². The fourth-order valence-corrected chi connectivity index (χ4v) is 4.63. The maximum absolute atomic E-state index is 12.9. The van der Waals surface area contributed by atoms with Gasteiger partial charge in [0.2, 0.25) is 5.91 Å². The van der Waals surface area contributed by atoms with Crippen molar-refractivity contribution < 1.29 is 18.0 Å². The van der Waals surface area contributed by atoms with E-state index >= 15 is 0 Å². The Labute approximate surface area is 198 Å². The van der Waals surface area contributed by atoms with Crippen LogP contribution in [0.25, 0.3) is 10.8 Å². The number of hydrogen-bond donors (Lipinski definition) is 2. The zero-order valence-corrected chi connectivity index (χ0v) is 19.2. The first-order chi connectivity index (χ1) is 16.3. The summed E-state index contributed by atoms with van der Waals surface area (Å²) in [5, 5.41) is 4.77. The van der Waals surface area contributed by atoms with E-state index in [1.54, 1.807) is 36.4 Å². The number of carbonyl (C=O) groups excluding carboxylic acids is 2. The highest BCUT2D eigenvalue weighted by atomic mass is 32.2. The van der Waals surface area contributed by atoms with Gasteiger partial charge in [0.1, 0.15) is 0 Å². The van der Waals surface area contributed by atoms with Crippen LogP contribution in [0.4, 0.5) is 11.4 Å². The summed E-state index contributed by atoms with van der Waals surface area (Å²) in [6, 6.07) is 27.4. The fraction of sp³-hybridized carbons (Fsp3) is 0.0769. The number of anilines is 2. The molecule has 0 radical (unpaired) electrons. The van der Waals surface area contributed by atoms with E-state index in [1.165, 1.54) is 30.1 Å². The van der Waals surface area contributed by atoms with Crippen molar-refractivity contribution in [3.63, 3.8) is 0 Å². The minimum atomic E-state index is -3.79. The van der Waals surface area contributed by atoms with Crippen LogP contribution in [0.15, 0.2) is 102 Å². The molecule has 0 fully saturated rings. The zero-order valence-electron chi connectivity index (χ0n) is 18.4. The molecule has 0 saturated heterocycles. The van der Waals surface area contributed by atoms with Gasteiger partial charge < -0.3 is 10.2 Å². The van der Waals surface area contributed by atoms with Gasteiger partial charge in [-0.2, -0.15) is 0 Å². The van der Waals surface area contributed by atoms with Crippen LogP contribution < -0.4 is 10.0 Å². The first-order valence-electron chi connectivity index (χ1n) is 10.5. The smallest absolute Gasteiger partial charge is 0.261 e. The van der Waals surface area contributed by atoms with Gasteiger partial charge in [0, 0.05) is 29.4 Å². The minimum absolute atomic E-state index is 0.119. The second-order valence-electron chi connectivity index (χ2n) is 7.74. The summed E-state index contributed by atoms with van der Waals surface area (Å²) in [7, 11) is -2.27. The molecule has 0 bridgehead atoms. The van der Waals surface area contributed by atoms with Crippen LogP contribution in [0.5, 0.6) is 0 Å². The molecule has 0 aliphatic rings. The lowest BCUT2D eigenvalue weighted by atomic mass is 10.1. The van der Waals surface area contributed by atoms with Crippen molar-refractivity contribution in [2.75, 3.05) is 23.6 Å². The predicted octanol–water partition coefficient (Wildman–Crippen LogP) is 4.35. The van der Waals surface area contributed by atoms with Crippen molar-refractivity contribution in [1.29, 1.82) is 0 Å². The average Bonchev–Trinajstić information content (AvgIpc) is 2.84. The number of nitrogens with zero attached hydrogens (tertiary/aromatic N) is 1. The highest BCUT2D eigenvalue weighted by molar-refractivity contribution is 7.92. The molecule has 0 aromatic heterocycles. The maximum atomic E-state index is 12.9. The van der Waals surface area contributed by atoms with Crippen LogP contribution in [0.3, 0.4) is 0 Å². The number of sulfonamides is 1. The molecule has 0 saturated carbocycles. The molecule has 0 aliphatic carbocycles. The van der Waals surface area contributed by atoms with Crippen molar-refractivity contribution in [3.8, 4) is 0 Å². The number of nitrogens with one attached hydrogen (secondary N) is 2. The quantitative estimate of drug-likeness (QED) is 0.417. The van der Waals surface area contributed by atoms with Gasteiger partial charge in [-0.15, -0.1) is 0 Å². The standard InChI is InChI=1S/C26H23N3O4S/c1-29(18-25(30)27-24-16-8-10-19-9-5-6-15-23(19)24)26(31)20-11-7-12-21(17-20)28-34(32,33)22-13-3-2-4-14-22/h2-17,28H,18H2,1H3,(H,27,30). The van der Waals surface area contributed by atoms with Gasteiger partial charge in [0.25, 0.3) is 15.9 Å². The second-order valence-corrected chi connectivity index (χ2v) is 9.42. The maximum Gasteiger partial charge on any atom is 0.261 e.